The molecule has 1 unspecified atom stereocenters. The fraction of sp³-hybridized carbons (Fsp3) is 1.00. The Hall–Kier alpha value is -0.680. The largest absolute Gasteiger partial charge is 0.388 e. The van der Waals surface area contributed by atoms with E-state index in [1.54, 1.807) is 0 Å². The monoisotopic (exact) mass is 602 g/mol. The minimum Gasteiger partial charge on any atom is -0.388 e. The summed E-state index contributed by atoms with van der Waals surface area (Å²) in [6.45, 7) is 5.85. The number of aliphatic hydroxyl groups excluding tert-OH is 10. The summed E-state index contributed by atoms with van der Waals surface area (Å²) in [7, 11) is 0. The summed E-state index contributed by atoms with van der Waals surface area (Å²) in [6.07, 6.45) is -28.5. The van der Waals surface area contributed by atoms with Crippen LogP contribution >= 0.6 is 0 Å². The Morgan fingerprint density at radius 3 is 1.07 bits per heavy atom. The summed E-state index contributed by atoms with van der Waals surface area (Å²) >= 11 is 0. The third kappa shape index (κ3) is 6.57. The van der Waals surface area contributed by atoms with Gasteiger partial charge in [0.1, 0.15) is 73.2 Å². The van der Waals surface area contributed by atoms with Gasteiger partial charge in [0, 0.05) is 0 Å². The van der Waals surface area contributed by atoms with Gasteiger partial charge in [-0.15, -0.1) is 0 Å². The van der Waals surface area contributed by atoms with Crippen LogP contribution in [-0.2, 0) is 33.2 Å². The predicted molar refractivity (Wildman–Crippen MR) is 128 cm³/mol. The molecular weight excluding hydrogens is 560 g/mol. The lowest BCUT2D eigenvalue weighted by atomic mass is 9.96. The molecule has 4 aliphatic rings. The number of ether oxygens (including phenoxy) is 7. The summed E-state index contributed by atoms with van der Waals surface area (Å²) in [4.78, 5) is 0. The van der Waals surface area contributed by atoms with E-state index in [4.69, 9.17) is 33.2 Å². The van der Waals surface area contributed by atoms with Gasteiger partial charge in [-0.1, -0.05) is 0 Å². The van der Waals surface area contributed by atoms with Crippen molar-refractivity contribution in [2.24, 2.45) is 0 Å². The molecule has 41 heavy (non-hydrogen) atoms. The summed E-state index contributed by atoms with van der Waals surface area (Å²) in [5, 5.41) is 103. The average molecular weight is 603 g/mol. The molecule has 10 N–H and O–H groups in total. The van der Waals surface area contributed by atoms with Crippen LogP contribution < -0.4 is 0 Å². The second-order valence-electron chi connectivity index (χ2n) is 11.1. The van der Waals surface area contributed by atoms with E-state index in [0.717, 1.165) is 0 Å². The van der Waals surface area contributed by atoms with Gasteiger partial charge in [0.25, 0.3) is 0 Å². The molecule has 0 aromatic heterocycles. The van der Waals surface area contributed by atoms with Crippen LogP contribution in [0.4, 0.5) is 0 Å². The van der Waals surface area contributed by atoms with Crippen molar-refractivity contribution in [3.63, 3.8) is 0 Å². The number of hydrogen-bond acceptors (Lipinski definition) is 17. The lowest BCUT2D eigenvalue weighted by Crippen LogP contribution is -2.66. The van der Waals surface area contributed by atoms with Crippen LogP contribution in [0.5, 0.6) is 0 Å². The van der Waals surface area contributed by atoms with Crippen molar-refractivity contribution < 1.29 is 84.2 Å². The first-order chi connectivity index (χ1) is 19.1. The molecule has 0 aliphatic carbocycles. The Morgan fingerprint density at radius 2 is 0.659 bits per heavy atom. The molecule has 240 valence electrons. The first kappa shape index (κ1) is 33.2. The Bertz CT molecular complexity index is 853. The molecule has 4 rings (SSSR count). The molecule has 0 aromatic carbocycles. The van der Waals surface area contributed by atoms with Crippen molar-refractivity contribution in [2.75, 3.05) is 0 Å². The van der Waals surface area contributed by atoms with Gasteiger partial charge in [0.2, 0.25) is 0 Å². The van der Waals surface area contributed by atoms with Crippen molar-refractivity contribution >= 4 is 0 Å². The highest BCUT2D eigenvalue weighted by Gasteiger charge is 2.53. The van der Waals surface area contributed by atoms with E-state index < -0.39 is 123 Å². The highest BCUT2D eigenvalue weighted by molar-refractivity contribution is 4.96. The molecule has 0 bridgehead atoms. The lowest BCUT2D eigenvalue weighted by Gasteiger charge is -2.48. The molecule has 0 saturated carbocycles. The normalized spacial score (nSPS) is 56.9. The van der Waals surface area contributed by atoms with Crippen LogP contribution in [0.3, 0.4) is 0 Å². The zero-order chi connectivity index (χ0) is 30.5. The van der Waals surface area contributed by atoms with Gasteiger partial charge in [-0.25, -0.2) is 0 Å². The molecule has 4 heterocycles. The molecule has 0 aromatic rings. The standard InChI is InChI=1S/C24H42O17/c1-5-9(25)10(26)15(31)22(36-5)40-19-7(3)38-24(17(33)12(19)28)41-20-8(4)37-23(16(32)13(20)29)39-18-6(2)35-21(34)14(30)11(18)27/h5-34H,1-4H3/t5-,6-,7-,8-,9+,10+,11-,12-,13-,14-,15-,16-,17-,18-,19+,20-,21?,22-,23-,24-/m1/s1. The van der Waals surface area contributed by atoms with Crippen molar-refractivity contribution in [1.29, 1.82) is 0 Å². The highest BCUT2D eigenvalue weighted by atomic mass is 16.8. The first-order valence-corrected chi connectivity index (χ1v) is 13.5. The van der Waals surface area contributed by atoms with E-state index in [9.17, 15) is 51.1 Å². The van der Waals surface area contributed by atoms with Crippen LogP contribution in [-0.4, -0.2) is 174 Å². The number of hydrogen-bond donors (Lipinski definition) is 10. The summed E-state index contributed by atoms with van der Waals surface area (Å²) < 4.78 is 38.8. The average Bonchev–Trinajstić information content (AvgIpc) is 2.92. The van der Waals surface area contributed by atoms with E-state index in [1.807, 2.05) is 0 Å². The summed E-state index contributed by atoms with van der Waals surface area (Å²) in [5.41, 5.74) is 0. The van der Waals surface area contributed by atoms with Crippen molar-refractivity contribution in [1.82, 2.24) is 0 Å². The molecule has 0 radical (unpaired) electrons. The maximum absolute atomic E-state index is 10.8. The van der Waals surface area contributed by atoms with Crippen molar-refractivity contribution in [2.45, 2.75) is 151 Å². The van der Waals surface area contributed by atoms with Gasteiger partial charge in [0.05, 0.1) is 24.4 Å². The third-order valence-electron chi connectivity index (χ3n) is 8.03. The van der Waals surface area contributed by atoms with Crippen LogP contribution in [0.25, 0.3) is 0 Å². The van der Waals surface area contributed by atoms with Crippen LogP contribution in [0.2, 0.25) is 0 Å². The smallest absolute Gasteiger partial charge is 0.187 e. The molecule has 0 amide bonds. The van der Waals surface area contributed by atoms with Gasteiger partial charge in [-0.3, -0.25) is 0 Å². The van der Waals surface area contributed by atoms with Crippen molar-refractivity contribution in [3.8, 4) is 0 Å². The Kier molecular flexibility index (Phi) is 10.6. The third-order valence-corrected chi connectivity index (χ3v) is 8.03. The molecule has 4 saturated heterocycles. The first-order valence-electron chi connectivity index (χ1n) is 13.5. The maximum Gasteiger partial charge on any atom is 0.187 e. The van der Waals surface area contributed by atoms with Crippen molar-refractivity contribution in [3.05, 3.63) is 0 Å². The van der Waals surface area contributed by atoms with E-state index in [1.165, 1.54) is 27.7 Å². The Morgan fingerprint density at radius 1 is 0.341 bits per heavy atom. The molecule has 17 nitrogen and oxygen atoms in total. The quantitative estimate of drug-likeness (QED) is 0.136. The van der Waals surface area contributed by atoms with Gasteiger partial charge >= 0.3 is 0 Å². The Balaban J connectivity index is 1.37. The molecular formula is C24H42O17. The van der Waals surface area contributed by atoms with E-state index in [-0.39, 0.29) is 0 Å². The molecule has 20 atom stereocenters. The van der Waals surface area contributed by atoms with Gasteiger partial charge in [0.15, 0.2) is 25.2 Å². The second kappa shape index (κ2) is 13.1. The van der Waals surface area contributed by atoms with Gasteiger partial charge < -0.3 is 84.2 Å². The minimum atomic E-state index is -1.75. The van der Waals surface area contributed by atoms with Crippen LogP contribution in [0, 0.1) is 0 Å². The van der Waals surface area contributed by atoms with E-state index in [2.05, 4.69) is 0 Å². The van der Waals surface area contributed by atoms with E-state index >= 15 is 0 Å². The summed E-state index contributed by atoms with van der Waals surface area (Å²) in [5.74, 6) is 0. The number of aliphatic hydroxyl groups is 10. The second-order valence-corrected chi connectivity index (χ2v) is 11.1. The molecule has 0 spiro atoms. The minimum absolute atomic E-state index is 0.904. The fourth-order valence-electron chi connectivity index (χ4n) is 5.41. The predicted octanol–water partition coefficient (Wildman–Crippen LogP) is -5.64. The zero-order valence-electron chi connectivity index (χ0n) is 22.9. The number of rotatable bonds is 6. The topological polar surface area (TPSA) is 267 Å². The zero-order valence-corrected chi connectivity index (χ0v) is 22.9. The molecule has 4 fully saturated rings. The summed E-state index contributed by atoms with van der Waals surface area (Å²) in [6, 6.07) is 0. The van der Waals surface area contributed by atoms with E-state index in [0.29, 0.717) is 0 Å². The maximum atomic E-state index is 10.8. The molecule has 17 heteroatoms. The van der Waals surface area contributed by atoms with Gasteiger partial charge in [-0.2, -0.15) is 0 Å². The lowest BCUT2D eigenvalue weighted by molar-refractivity contribution is -0.381. The fourth-order valence-corrected chi connectivity index (χ4v) is 5.41. The Labute approximate surface area is 235 Å². The van der Waals surface area contributed by atoms with Crippen LogP contribution in [0.15, 0.2) is 0 Å². The highest BCUT2D eigenvalue weighted by Crippen LogP contribution is 2.33. The van der Waals surface area contributed by atoms with Crippen LogP contribution in [0.1, 0.15) is 27.7 Å². The molecule has 4 aliphatic heterocycles. The van der Waals surface area contributed by atoms with Gasteiger partial charge in [-0.05, 0) is 27.7 Å². The SMILES string of the molecule is C[C@H]1O[C@H](O[C@@H]2[C@H](O)[C@@H](O)[C@@H](O[C@H]3[C@H](O)[C@@H](O)[C@@H](O[C@H]4[C@H](O)[C@@H](O)C(O)O[C@@H]4C)O[C@@H]3C)O[C@@H]2C)[C@H](O)[C@@H](O)[C@H]1O.